The summed E-state index contributed by atoms with van der Waals surface area (Å²) in [4.78, 5) is 22.4. The molecule has 17 heavy (non-hydrogen) atoms. The normalized spacial score (nSPS) is 11.3. The number of rotatable bonds is 0. The van der Waals surface area contributed by atoms with E-state index in [1.165, 1.54) is 4.57 Å². The van der Waals surface area contributed by atoms with Crippen molar-refractivity contribution in [3.8, 4) is 11.5 Å². The molecule has 0 unspecified atom stereocenters. The van der Waals surface area contributed by atoms with Crippen LogP contribution in [0.15, 0.2) is 11.0 Å². The van der Waals surface area contributed by atoms with Crippen LogP contribution >= 0.6 is 0 Å². The number of aryl methyl sites for hydroxylation is 1. The predicted molar refractivity (Wildman–Crippen MR) is 69.4 cm³/mol. The van der Waals surface area contributed by atoms with E-state index in [4.69, 9.17) is 0 Å². The SMILES string of the molecule is Cn1c(=O)[nH]c2ncc(C#C[Si](C)(C)C)nc21. The first-order chi connectivity index (χ1) is 7.87. The van der Waals surface area contributed by atoms with Crippen molar-refractivity contribution in [1.82, 2.24) is 19.5 Å². The topological polar surface area (TPSA) is 63.6 Å². The molecule has 2 aromatic rings. The van der Waals surface area contributed by atoms with E-state index in [0.717, 1.165) is 0 Å². The highest BCUT2D eigenvalue weighted by Gasteiger charge is 2.09. The third-order valence-electron chi connectivity index (χ3n) is 2.17. The molecule has 5 nitrogen and oxygen atoms in total. The van der Waals surface area contributed by atoms with Crippen LogP contribution in [0, 0.1) is 11.5 Å². The molecule has 0 spiro atoms. The van der Waals surface area contributed by atoms with Crippen molar-refractivity contribution in [1.29, 1.82) is 0 Å². The van der Waals surface area contributed by atoms with Gasteiger partial charge in [-0.3, -0.25) is 9.55 Å². The van der Waals surface area contributed by atoms with Gasteiger partial charge in [0.1, 0.15) is 13.8 Å². The molecule has 0 aromatic carbocycles. The number of nitrogens with zero attached hydrogens (tertiary/aromatic N) is 3. The standard InChI is InChI=1S/C11H14N4OSi/c1-15-10-9(14-11(15)16)12-7-8(13-10)5-6-17(2,3)4/h7H,1-4H3,(H,12,14,16). The van der Waals surface area contributed by atoms with E-state index in [1.807, 2.05) is 0 Å². The van der Waals surface area contributed by atoms with Crippen molar-refractivity contribution in [2.75, 3.05) is 0 Å². The molecular formula is C11H14N4OSi. The first kappa shape index (κ1) is 11.6. The van der Waals surface area contributed by atoms with E-state index in [2.05, 4.69) is 46.1 Å². The molecular weight excluding hydrogens is 232 g/mol. The Hall–Kier alpha value is -1.87. The maximum Gasteiger partial charge on any atom is 0.328 e. The van der Waals surface area contributed by atoms with Crippen LogP contribution < -0.4 is 5.69 Å². The fourth-order valence-corrected chi connectivity index (χ4v) is 1.80. The molecule has 2 rings (SSSR count). The average molecular weight is 246 g/mol. The van der Waals surface area contributed by atoms with Crippen LogP contribution in [0.2, 0.25) is 19.6 Å². The van der Waals surface area contributed by atoms with Crippen molar-refractivity contribution in [2.24, 2.45) is 7.05 Å². The number of imidazole rings is 1. The van der Waals surface area contributed by atoms with E-state index in [1.54, 1.807) is 13.2 Å². The van der Waals surface area contributed by atoms with Crippen LogP contribution in [0.5, 0.6) is 0 Å². The summed E-state index contributed by atoms with van der Waals surface area (Å²) < 4.78 is 1.43. The molecule has 0 radical (unpaired) electrons. The van der Waals surface area contributed by atoms with Crippen molar-refractivity contribution < 1.29 is 0 Å². The molecule has 0 amide bonds. The predicted octanol–water partition coefficient (Wildman–Crippen LogP) is 0.885. The summed E-state index contributed by atoms with van der Waals surface area (Å²) in [7, 11) is 0.237. The smallest absolute Gasteiger partial charge is 0.289 e. The minimum absolute atomic E-state index is 0.213. The number of fused-ring (bicyclic) bond motifs is 1. The molecule has 88 valence electrons. The lowest BCUT2D eigenvalue weighted by Crippen LogP contribution is -2.16. The zero-order chi connectivity index (χ0) is 12.6. The van der Waals surface area contributed by atoms with E-state index >= 15 is 0 Å². The minimum atomic E-state index is -1.42. The quantitative estimate of drug-likeness (QED) is 0.554. The van der Waals surface area contributed by atoms with Gasteiger partial charge in [0, 0.05) is 7.05 Å². The van der Waals surface area contributed by atoms with Gasteiger partial charge in [-0.2, -0.15) is 0 Å². The molecule has 0 bridgehead atoms. The van der Waals surface area contributed by atoms with Crippen molar-refractivity contribution >= 4 is 19.4 Å². The lowest BCUT2D eigenvalue weighted by Gasteiger charge is -2.02. The number of hydrogen-bond donors (Lipinski definition) is 1. The van der Waals surface area contributed by atoms with E-state index in [-0.39, 0.29) is 5.69 Å². The Labute approximate surface area is 99.9 Å². The number of hydrogen-bond acceptors (Lipinski definition) is 3. The fourth-order valence-electron chi connectivity index (χ4n) is 1.29. The van der Waals surface area contributed by atoms with Crippen LogP contribution in [0.3, 0.4) is 0 Å². The van der Waals surface area contributed by atoms with Gasteiger partial charge < -0.3 is 0 Å². The monoisotopic (exact) mass is 246 g/mol. The zero-order valence-electron chi connectivity index (χ0n) is 10.3. The average Bonchev–Trinajstić information content (AvgIpc) is 2.51. The number of H-pyrrole nitrogens is 1. The largest absolute Gasteiger partial charge is 0.328 e. The summed E-state index contributed by atoms with van der Waals surface area (Å²) in [5.41, 5.74) is 4.65. The van der Waals surface area contributed by atoms with Gasteiger partial charge in [0.2, 0.25) is 0 Å². The van der Waals surface area contributed by atoms with Gasteiger partial charge in [0.05, 0.1) is 6.20 Å². The molecule has 0 aliphatic heterocycles. The second-order valence-electron chi connectivity index (χ2n) is 4.92. The van der Waals surface area contributed by atoms with Gasteiger partial charge in [-0.05, 0) is 0 Å². The van der Waals surface area contributed by atoms with Crippen molar-refractivity contribution in [2.45, 2.75) is 19.6 Å². The molecule has 6 heteroatoms. The third-order valence-corrected chi connectivity index (χ3v) is 3.04. The second-order valence-corrected chi connectivity index (χ2v) is 9.67. The Bertz CT molecular complexity index is 681. The molecule has 0 fully saturated rings. The molecule has 0 saturated carbocycles. The summed E-state index contributed by atoms with van der Waals surface area (Å²) in [6.07, 6.45) is 1.59. The first-order valence-electron chi connectivity index (χ1n) is 5.32. The highest BCUT2D eigenvalue weighted by molar-refractivity contribution is 6.83. The molecule has 2 heterocycles. The Morgan fingerprint density at radius 2 is 2.12 bits per heavy atom. The molecule has 1 N–H and O–H groups in total. The summed E-state index contributed by atoms with van der Waals surface area (Å²) in [5, 5.41) is 0. The summed E-state index contributed by atoms with van der Waals surface area (Å²) >= 11 is 0. The van der Waals surface area contributed by atoms with Gasteiger partial charge in [0.15, 0.2) is 11.3 Å². The van der Waals surface area contributed by atoms with Gasteiger partial charge >= 0.3 is 5.69 Å². The van der Waals surface area contributed by atoms with E-state index in [0.29, 0.717) is 17.0 Å². The summed E-state index contributed by atoms with van der Waals surface area (Å²) in [6, 6.07) is 0. The third kappa shape index (κ3) is 2.45. The van der Waals surface area contributed by atoms with Gasteiger partial charge in [-0.25, -0.2) is 14.8 Å². The number of nitrogens with one attached hydrogen (secondary N) is 1. The lowest BCUT2D eigenvalue weighted by atomic mass is 10.5. The minimum Gasteiger partial charge on any atom is -0.289 e. The van der Waals surface area contributed by atoms with E-state index in [9.17, 15) is 4.79 Å². The molecule has 0 saturated heterocycles. The molecule has 0 aliphatic rings. The maximum absolute atomic E-state index is 11.4. The number of aromatic nitrogens is 4. The van der Waals surface area contributed by atoms with Gasteiger partial charge in [0.25, 0.3) is 0 Å². The molecule has 0 atom stereocenters. The lowest BCUT2D eigenvalue weighted by molar-refractivity contribution is 0.878. The highest BCUT2D eigenvalue weighted by atomic mass is 28.3. The molecule has 0 aliphatic carbocycles. The summed E-state index contributed by atoms with van der Waals surface area (Å²) in [5.74, 6) is 3.02. The maximum atomic E-state index is 11.4. The van der Waals surface area contributed by atoms with Crippen LogP contribution in [0.25, 0.3) is 11.3 Å². The van der Waals surface area contributed by atoms with Crippen LogP contribution in [-0.4, -0.2) is 27.6 Å². The van der Waals surface area contributed by atoms with Crippen molar-refractivity contribution in [3.63, 3.8) is 0 Å². The second kappa shape index (κ2) is 3.86. The Kier molecular flexibility index (Phi) is 2.63. The fraction of sp³-hybridized carbons (Fsp3) is 0.364. The van der Waals surface area contributed by atoms with Gasteiger partial charge in [-0.15, -0.1) is 5.54 Å². The van der Waals surface area contributed by atoms with Crippen LogP contribution in [-0.2, 0) is 7.05 Å². The van der Waals surface area contributed by atoms with Crippen LogP contribution in [0.1, 0.15) is 5.69 Å². The Morgan fingerprint density at radius 1 is 1.41 bits per heavy atom. The van der Waals surface area contributed by atoms with Gasteiger partial charge in [-0.1, -0.05) is 25.6 Å². The summed E-state index contributed by atoms with van der Waals surface area (Å²) in [6.45, 7) is 6.49. The first-order valence-corrected chi connectivity index (χ1v) is 8.82. The Balaban J connectivity index is 2.54. The zero-order valence-corrected chi connectivity index (χ0v) is 11.3. The Morgan fingerprint density at radius 3 is 2.76 bits per heavy atom. The number of aromatic amines is 1. The highest BCUT2D eigenvalue weighted by Crippen LogP contribution is 2.03. The van der Waals surface area contributed by atoms with Crippen molar-refractivity contribution in [3.05, 3.63) is 22.4 Å². The van der Waals surface area contributed by atoms with Crippen LogP contribution in [0.4, 0.5) is 0 Å². The molecule has 2 aromatic heterocycles. The van der Waals surface area contributed by atoms with E-state index < -0.39 is 8.07 Å².